The molecule has 0 aliphatic rings. The van der Waals surface area contributed by atoms with E-state index in [1.165, 1.54) is 0 Å². The molecule has 0 spiro atoms. The first-order valence-electron chi connectivity index (χ1n) is 4.92. The van der Waals surface area contributed by atoms with E-state index in [4.69, 9.17) is 34.3 Å². The zero-order valence-electron chi connectivity index (χ0n) is 8.85. The van der Waals surface area contributed by atoms with Gasteiger partial charge in [-0.15, -0.1) is 11.3 Å². The van der Waals surface area contributed by atoms with Gasteiger partial charge in [-0.05, 0) is 23.6 Å². The fraction of sp³-hybridized carbons (Fsp3) is 0.0833. The fourth-order valence-electron chi connectivity index (χ4n) is 1.41. The molecule has 0 radical (unpaired) electrons. The third kappa shape index (κ3) is 2.97. The van der Waals surface area contributed by atoms with Gasteiger partial charge in [-0.2, -0.15) is 0 Å². The van der Waals surface area contributed by atoms with Crippen LogP contribution in [0.2, 0.25) is 5.02 Å². The minimum atomic E-state index is 0.247. The Hall–Kier alpha value is -1.10. The van der Waals surface area contributed by atoms with Crippen LogP contribution in [0.4, 0.5) is 0 Å². The molecule has 0 saturated carbocycles. The first-order chi connectivity index (χ1) is 8.18. The van der Waals surface area contributed by atoms with E-state index in [0.29, 0.717) is 22.9 Å². The van der Waals surface area contributed by atoms with Crippen LogP contribution in [-0.2, 0) is 6.61 Å². The van der Waals surface area contributed by atoms with Gasteiger partial charge in [0.05, 0.1) is 10.6 Å². The summed E-state index contributed by atoms with van der Waals surface area (Å²) in [6.07, 6.45) is 0. The molecule has 88 valence electrons. The Morgan fingerprint density at radius 3 is 2.82 bits per heavy atom. The van der Waals surface area contributed by atoms with Gasteiger partial charge in [0.2, 0.25) is 0 Å². The van der Waals surface area contributed by atoms with Gasteiger partial charge in [-0.25, -0.2) is 0 Å². The van der Waals surface area contributed by atoms with Crippen LogP contribution in [0.15, 0.2) is 35.7 Å². The molecule has 0 saturated heterocycles. The summed E-state index contributed by atoms with van der Waals surface area (Å²) in [7, 11) is 0. The SMILES string of the molecule is NC(=S)c1c(Cl)cccc1OCc1cccs1. The second-order valence-electron chi connectivity index (χ2n) is 3.35. The van der Waals surface area contributed by atoms with Gasteiger partial charge in [-0.3, -0.25) is 0 Å². The minimum absolute atomic E-state index is 0.247. The van der Waals surface area contributed by atoms with E-state index in [9.17, 15) is 0 Å². The number of thiocarbonyl (C=S) groups is 1. The smallest absolute Gasteiger partial charge is 0.131 e. The van der Waals surface area contributed by atoms with Crippen molar-refractivity contribution in [2.24, 2.45) is 5.73 Å². The third-order valence-electron chi connectivity index (χ3n) is 2.17. The van der Waals surface area contributed by atoms with E-state index in [1.807, 2.05) is 29.6 Å². The number of thiophene rings is 1. The number of benzene rings is 1. The average Bonchev–Trinajstić information content (AvgIpc) is 2.78. The average molecular weight is 284 g/mol. The van der Waals surface area contributed by atoms with Crippen molar-refractivity contribution in [3.63, 3.8) is 0 Å². The van der Waals surface area contributed by atoms with Gasteiger partial charge in [0.1, 0.15) is 17.3 Å². The molecule has 0 fully saturated rings. The van der Waals surface area contributed by atoms with Crippen LogP contribution in [0.1, 0.15) is 10.4 Å². The molecule has 1 aromatic carbocycles. The van der Waals surface area contributed by atoms with Crippen LogP contribution in [0.5, 0.6) is 5.75 Å². The second kappa shape index (κ2) is 5.49. The molecule has 2 aromatic rings. The minimum Gasteiger partial charge on any atom is -0.487 e. The Labute approximate surface area is 114 Å². The molecule has 0 aliphatic heterocycles. The molecule has 2 nitrogen and oxygen atoms in total. The first kappa shape index (κ1) is 12.4. The van der Waals surface area contributed by atoms with E-state index in [1.54, 1.807) is 17.4 Å². The van der Waals surface area contributed by atoms with Crippen molar-refractivity contribution in [3.05, 3.63) is 51.2 Å². The van der Waals surface area contributed by atoms with Crippen LogP contribution >= 0.6 is 35.2 Å². The summed E-state index contributed by atoms with van der Waals surface area (Å²) in [4.78, 5) is 1.38. The zero-order chi connectivity index (χ0) is 12.3. The van der Waals surface area contributed by atoms with Crippen molar-refractivity contribution in [3.8, 4) is 5.75 Å². The first-order valence-corrected chi connectivity index (χ1v) is 6.58. The summed E-state index contributed by atoms with van der Waals surface area (Å²) in [6.45, 7) is 0.494. The lowest BCUT2D eigenvalue weighted by Crippen LogP contribution is -2.12. The molecule has 17 heavy (non-hydrogen) atoms. The number of ether oxygens (including phenoxy) is 1. The predicted octanol–water partition coefficient (Wildman–Crippen LogP) is 3.61. The highest BCUT2D eigenvalue weighted by Crippen LogP contribution is 2.27. The van der Waals surface area contributed by atoms with Gasteiger partial charge in [-0.1, -0.05) is 36.0 Å². The molecular formula is C12H10ClNOS2. The predicted molar refractivity (Wildman–Crippen MR) is 76.0 cm³/mol. The van der Waals surface area contributed by atoms with Crippen LogP contribution in [-0.4, -0.2) is 4.99 Å². The number of nitrogens with two attached hydrogens (primary N) is 1. The lowest BCUT2D eigenvalue weighted by molar-refractivity contribution is 0.309. The van der Waals surface area contributed by atoms with E-state index in [-0.39, 0.29) is 4.99 Å². The molecule has 0 bridgehead atoms. The monoisotopic (exact) mass is 283 g/mol. The van der Waals surface area contributed by atoms with Gasteiger partial charge in [0.15, 0.2) is 0 Å². The van der Waals surface area contributed by atoms with Crippen molar-refractivity contribution in [2.45, 2.75) is 6.61 Å². The van der Waals surface area contributed by atoms with Crippen LogP contribution in [0.3, 0.4) is 0 Å². The summed E-state index contributed by atoms with van der Waals surface area (Å²) in [5, 5.41) is 2.52. The summed E-state index contributed by atoms with van der Waals surface area (Å²) in [5.41, 5.74) is 6.23. The van der Waals surface area contributed by atoms with Crippen LogP contribution in [0.25, 0.3) is 0 Å². The van der Waals surface area contributed by atoms with Gasteiger partial charge in [0.25, 0.3) is 0 Å². The zero-order valence-corrected chi connectivity index (χ0v) is 11.2. The molecule has 2 N–H and O–H groups in total. The highest BCUT2D eigenvalue weighted by Gasteiger charge is 2.11. The van der Waals surface area contributed by atoms with Crippen molar-refractivity contribution in [1.29, 1.82) is 0 Å². The molecule has 1 aromatic heterocycles. The Bertz CT molecular complexity index is 525. The molecule has 0 amide bonds. The molecular weight excluding hydrogens is 274 g/mol. The summed E-state index contributed by atoms with van der Waals surface area (Å²) < 4.78 is 5.68. The molecule has 0 unspecified atom stereocenters. The maximum Gasteiger partial charge on any atom is 0.131 e. The van der Waals surface area contributed by atoms with Gasteiger partial charge >= 0.3 is 0 Å². The van der Waals surface area contributed by atoms with E-state index in [0.717, 1.165) is 4.88 Å². The van der Waals surface area contributed by atoms with E-state index in [2.05, 4.69) is 0 Å². The topological polar surface area (TPSA) is 35.2 Å². The number of halogens is 1. The maximum atomic E-state index is 6.04. The summed E-state index contributed by atoms with van der Waals surface area (Å²) in [5.74, 6) is 0.624. The largest absolute Gasteiger partial charge is 0.487 e. The standard InChI is InChI=1S/C12H10ClNOS2/c13-9-4-1-5-10(11(9)12(14)16)15-7-8-3-2-6-17-8/h1-6H,7H2,(H2,14,16). The normalized spacial score (nSPS) is 10.2. The number of hydrogen-bond donors (Lipinski definition) is 1. The molecule has 5 heteroatoms. The van der Waals surface area contributed by atoms with Crippen molar-refractivity contribution in [1.82, 2.24) is 0 Å². The Morgan fingerprint density at radius 1 is 1.35 bits per heavy atom. The Balaban J connectivity index is 2.21. The van der Waals surface area contributed by atoms with Gasteiger partial charge < -0.3 is 10.5 Å². The number of hydrogen-bond acceptors (Lipinski definition) is 3. The second-order valence-corrected chi connectivity index (χ2v) is 5.22. The van der Waals surface area contributed by atoms with Crippen molar-refractivity contribution in [2.75, 3.05) is 0 Å². The van der Waals surface area contributed by atoms with E-state index < -0.39 is 0 Å². The molecule has 1 heterocycles. The molecule has 0 aliphatic carbocycles. The van der Waals surface area contributed by atoms with E-state index >= 15 is 0 Å². The fourth-order valence-corrected chi connectivity index (χ4v) is 2.56. The highest BCUT2D eigenvalue weighted by molar-refractivity contribution is 7.80. The quantitative estimate of drug-likeness (QED) is 0.871. The Kier molecular flexibility index (Phi) is 3.99. The molecule has 0 atom stereocenters. The van der Waals surface area contributed by atoms with Gasteiger partial charge in [0, 0.05) is 4.88 Å². The maximum absolute atomic E-state index is 6.04. The van der Waals surface area contributed by atoms with Crippen molar-refractivity contribution < 1.29 is 4.74 Å². The lowest BCUT2D eigenvalue weighted by Gasteiger charge is -2.11. The highest BCUT2D eigenvalue weighted by atomic mass is 35.5. The number of rotatable bonds is 4. The lowest BCUT2D eigenvalue weighted by atomic mass is 10.2. The summed E-state index contributed by atoms with van der Waals surface area (Å²) >= 11 is 12.6. The third-order valence-corrected chi connectivity index (χ3v) is 3.54. The molecule has 2 rings (SSSR count). The Morgan fingerprint density at radius 2 is 2.18 bits per heavy atom. The van der Waals surface area contributed by atoms with Crippen molar-refractivity contribution >= 4 is 40.1 Å². The van der Waals surface area contributed by atoms with Crippen LogP contribution < -0.4 is 10.5 Å². The van der Waals surface area contributed by atoms with Crippen LogP contribution in [0, 0.1) is 0 Å². The summed E-state index contributed by atoms with van der Waals surface area (Å²) in [6, 6.07) is 9.36.